The van der Waals surface area contributed by atoms with Crippen LogP contribution in [0.15, 0.2) is 41.3 Å². The van der Waals surface area contributed by atoms with Crippen molar-refractivity contribution in [1.29, 1.82) is 0 Å². The van der Waals surface area contributed by atoms with E-state index in [9.17, 15) is 8.42 Å². The van der Waals surface area contributed by atoms with Crippen molar-refractivity contribution < 1.29 is 17.9 Å². The third-order valence-electron chi connectivity index (χ3n) is 7.99. The lowest BCUT2D eigenvalue weighted by atomic mass is 10.0. The summed E-state index contributed by atoms with van der Waals surface area (Å²) in [6.45, 7) is 8.88. The van der Waals surface area contributed by atoms with E-state index >= 15 is 0 Å². The van der Waals surface area contributed by atoms with Gasteiger partial charge in [0.25, 0.3) is 0 Å². The third-order valence-corrected chi connectivity index (χ3v) is 9.89. The lowest BCUT2D eigenvalue weighted by molar-refractivity contribution is 0.177. The first-order valence-corrected chi connectivity index (χ1v) is 15.6. The lowest BCUT2D eigenvalue weighted by Gasteiger charge is -2.35. The predicted molar refractivity (Wildman–Crippen MR) is 162 cm³/mol. The standard InChI is InChI=1S/C29H41N7O4S/c1-20(2)35-11-9-21(10-12-35)30-28-24-18-26(39-4)27(40-5)19-25(24)32-29(33-28)31-22-7-6-8-23(17-22)41(37,38)36-15-13-34(3)14-16-36/h6-8,17-21H,9-16H2,1-5H3,(H2,30,31,32,33). The molecule has 0 bridgehead atoms. The minimum absolute atomic E-state index is 0.245. The largest absolute Gasteiger partial charge is 0.493 e. The van der Waals surface area contributed by atoms with Crippen molar-refractivity contribution in [3.63, 3.8) is 0 Å². The van der Waals surface area contributed by atoms with Gasteiger partial charge < -0.3 is 29.9 Å². The monoisotopic (exact) mass is 583 g/mol. The van der Waals surface area contributed by atoms with E-state index in [0.717, 1.165) is 31.3 Å². The number of methoxy groups -OCH3 is 2. The molecule has 0 saturated carbocycles. The highest BCUT2D eigenvalue weighted by Crippen LogP contribution is 2.36. The predicted octanol–water partition coefficient (Wildman–Crippen LogP) is 3.61. The van der Waals surface area contributed by atoms with Crippen LogP contribution in [0.1, 0.15) is 26.7 Å². The van der Waals surface area contributed by atoms with E-state index in [-0.39, 0.29) is 10.9 Å². The van der Waals surface area contributed by atoms with Gasteiger partial charge in [0.15, 0.2) is 11.5 Å². The van der Waals surface area contributed by atoms with Crippen LogP contribution in [0.2, 0.25) is 0 Å². The van der Waals surface area contributed by atoms with E-state index in [2.05, 4.69) is 34.3 Å². The molecule has 1 aromatic heterocycles. The number of sulfonamides is 1. The molecule has 5 rings (SSSR count). The molecule has 0 atom stereocenters. The number of anilines is 3. The summed E-state index contributed by atoms with van der Waals surface area (Å²) < 4.78 is 39.4. The van der Waals surface area contributed by atoms with Crippen molar-refractivity contribution in [3.05, 3.63) is 36.4 Å². The van der Waals surface area contributed by atoms with E-state index in [1.165, 1.54) is 0 Å². The number of rotatable bonds is 9. The number of nitrogens with zero attached hydrogens (tertiary/aromatic N) is 5. The summed E-state index contributed by atoms with van der Waals surface area (Å²) in [4.78, 5) is 14.5. The summed E-state index contributed by atoms with van der Waals surface area (Å²) in [5, 5.41) is 7.74. The molecule has 0 amide bonds. The van der Waals surface area contributed by atoms with Crippen LogP contribution in [-0.4, -0.2) is 105 Å². The molecule has 0 spiro atoms. The van der Waals surface area contributed by atoms with E-state index < -0.39 is 10.0 Å². The van der Waals surface area contributed by atoms with Crippen LogP contribution in [0.5, 0.6) is 11.5 Å². The fourth-order valence-corrected chi connectivity index (χ4v) is 6.88. The van der Waals surface area contributed by atoms with E-state index in [1.807, 2.05) is 25.2 Å². The van der Waals surface area contributed by atoms with Gasteiger partial charge in [-0.15, -0.1) is 0 Å². The van der Waals surface area contributed by atoms with E-state index in [4.69, 9.17) is 19.4 Å². The van der Waals surface area contributed by atoms with Crippen molar-refractivity contribution in [1.82, 2.24) is 24.1 Å². The number of piperazine rings is 1. The molecule has 41 heavy (non-hydrogen) atoms. The highest BCUT2D eigenvalue weighted by atomic mass is 32.2. The minimum atomic E-state index is -3.61. The Morgan fingerprint density at radius 1 is 0.927 bits per heavy atom. The molecule has 3 heterocycles. The average Bonchev–Trinajstić information content (AvgIpc) is 2.97. The summed E-state index contributed by atoms with van der Waals surface area (Å²) in [5.41, 5.74) is 1.28. The first-order chi connectivity index (χ1) is 19.7. The molecule has 0 aliphatic carbocycles. The van der Waals surface area contributed by atoms with Gasteiger partial charge in [-0.25, -0.2) is 13.4 Å². The van der Waals surface area contributed by atoms with Crippen LogP contribution in [-0.2, 0) is 10.0 Å². The fraction of sp³-hybridized carbons (Fsp3) is 0.517. The molecule has 2 fully saturated rings. The molecule has 2 saturated heterocycles. The second kappa shape index (κ2) is 12.4. The highest BCUT2D eigenvalue weighted by Gasteiger charge is 2.28. The minimum Gasteiger partial charge on any atom is -0.493 e. The summed E-state index contributed by atoms with van der Waals surface area (Å²) in [5.74, 6) is 2.23. The Morgan fingerprint density at radius 2 is 1.61 bits per heavy atom. The Bertz CT molecular complexity index is 1470. The van der Waals surface area contributed by atoms with Gasteiger partial charge in [-0.3, -0.25) is 0 Å². The number of likely N-dealkylation sites (N-methyl/N-ethyl adjacent to an activating group) is 1. The van der Waals surface area contributed by atoms with Crippen molar-refractivity contribution in [2.24, 2.45) is 0 Å². The number of hydrogen-bond acceptors (Lipinski definition) is 10. The van der Waals surface area contributed by atoms with Gasteiger partial charge in [-0.05, 0) is 58.0 Å². The molecule has 2 aliphatic heterocycles. The molecule has 3 aromatic rings. The molecule has 2 aliphatic rings. The van der Waals surface area contributed by atoms with Gasteiger partial charge in [-0.1, -0.05) is 6.07 Å². The van der Waals surface area contributed by atoms with E-state index in [0.29, 0.717) is 66.7 Å². The molecular weight excluding hydrogens is 542 g/mol. The maximum atomic E-state index is 13.4. The van der Waals surface area contributed by atoms with Crippen molar-refractivity contribution in [2.45, 2.75) is 43.7 Å². The first-order valence-electron chi connectivity index (χ1n) is 14.2. The van der Waals surface area contributed by atoms with E-state index in [1.54, 1.807) is 36.7 Å². The number of ether oxygens (including phenoxy) is 2. The number of benzene rings is 2. The van der Waals surface area contributed by atoms with Crippen LogP contribution >= 0.6 is 0 Å². The normalized spacial score (nSPS) is 18.1. The third kappa shape index (κ3) is 6.50. The Morgan fingerprint density at radius 3 is 2.27 bits per heavy atom. The average molecular weight is 584 g/mol. The van der Waals surface area contributed by atoms with Crippen molar-refractivity contribution in [2.75, 3.05) is 71.2 Å². The first kappa shape index (κ1) is 29.3. The zero-order chi connectivity index (χ0) is 29.1. The summed E-state index contributed by atoms with van der Waals surface area (Å²) in [6.07, 6.45) is 2.01. The lowest BCUT2D eigenvalue weighted by Crippen LogP contribution is -2.47. The Labute approximate surface area is 242 Å². The quantitative estimate of drug-likeness (QED) is 0.387. The summed E-state index contributed by atoms with van der Waals surface area (Å²) in [7, 11) is 1.60. The summed E-state index contributed by atoms with van der Waals surface area (Å²) in [6, 6.07) is 11.4. The zero-order valence-electron chi connectivity index (χ0n) is 24.6. The van der Waals surface area contributed by atoms with Crippen LogP contribution in [0.4, 0.5) is 17.5 Å². The maximum Gasteiger partial charge on any atom is 0.243 e. The smallest absolute Gasteiger partial charge is 0.243 e. The Hall–Kier alpha value is -3.19. The number of nitrogens with one attached hydrogen (secondary N) is 2. The molecule has 0 radical (unpaired) electrons. The molecule has 12 heteroatoms. The molecule has 0 unspecified atom stereocenters. The maximum absolute atomic E-state index is 13.4. The van der Waals surface area contributed by atoms with Gasteiger partial charge >= 0.3 is 0 Å². The van der Waals surface area contributed by atoms with Crippen LogP contribution in [0.3, 0.4) is 0 Å². The number of aromatic nitrogens is 2. The van der Waals surface area contributed by atoms with Gasteiger partial charge in [-0.2, -0.15) is 9.29 Å². The SMILES string of the molecule is COc1cc2nc(Nc3cccc(S(=O)(=O)N4CCN(C)CC4)c3)nc(NC3CCN(C(C)C)CC3)c2cc1OC. The molecule has 11 nitrogen and oxygen atoms in total. The highest BCUT2D eigenvalue weighted by molar-refractivity contribution is 7.89. The second-order valence-corrected chi connectivity index (χ2v) is 13.0. The molecule has 222 valence electrons. The van der Waals surface area contributed by atoms with Crippen LogP contribution < -0.4 is 20.1 Å². The summed E-state index contributed by atoms with van der Waals surface area (Å²) >= 11 is 0. The van der Waals surface area contributed by atoms with Gasteiger partial charge in [0.2, 0.25) is 16.0 Å². The number of fused-ring (bicyclic) bond motifs is 1. The van der Waals surface area contributed by atoms with Crippen LogP contribution in [0.25, 0.3) is 10.9 Å². The number of piperidine rings is 1. The number of hydrogen-bond donors (Lipinski definition) is 2. The zero-order valence-corrected chi connectivity index (χ0v) is 25.4. The molecular formula is C29H41N7O4S. The Kier molecular flexibility index (Phi) is 8.83. The van der Waals surface area contributed by atoms with Gasteiger partial charge in [0.1, 0.15) is 5.82 Å². The molecule has 2 aromatic carbocycles. The van der Waals surface area contributed by atoms with Gasteiger partial charge in [0, 0.05) is 68.5 Å². The van der Waals surface area contributed by atoms with Crippen molar-refractivity contribution >= 4 is 38.4 Å². The fourth-order valence-electron chi connectivity index (χ4n) is 5.42. The van der Waals surface area contributed by atoms with Gasteiger partial charge in [0.05, 0.1) is 24.6 Å². The number of likely N-dealkylation sites (tertiary alicyclic amines) is 1. The van der Waals surface area contributed by atoms with Crippen LogP contribution in [0, 0.1) is 0 Å². The second-order valence-electron chi connectivity index (χ2n) is 11.0. The molecule has 2 N–H and O–H groups in total. The topological polar surface area (TPSA) is 112 Å². The Balaban J connectivity index is 1.45. The van der Waals surface area contributed by atoms with Crippen molar-refractivity contribution in [3.8, 4) is 11.5 Å².